The van der Waals surface area contributed by atoms with E-state index in [1.165, 1.54) is 12.5 Å². The number of anilines is 1. The van der Waals surface area contributed by atoms with Crippen molar-refractivity contribution in [2.24, 2.45) is 5.92 Å². The molecule has 2 amide bonds. The van der Waals surface area contributed by atoms with Crippen molar-refractivity contribution in [3.63, 3.8) is 0 Å². The molecule has 1 N–H and O–H groups in total. The van der Waals surface area contributed by atoms with E-state index < -0.39 is 5.92 Å². The standard InChI is InChI=1S/C27H28N6O4/c1-18-3-5-19(6-4-18)15-31-17-29-25-23(27(31)36)14-30-33(25)12-11-28-26(35)20-13-24(34)32(16-20)21-7-9-22(37-2)10-8-21/h3-10,14,17,20H,11-13,15-16H2,1-2H3,(H,28,35). The smallest absolute Gasteiger partial charge is 0.264 e. The third-order valence-electron chi connectivity index (χ3n) is 6.60. The molecule has 2 aromatic carbocycles. The van der Waals surface area contributed by atoms with Gasteiger partial charge >= 0.3 is 0 Å². The second-order valence-corrected chi connectivity index (χ2v) is 9.16. The Morgan fingerprint density at radius 2 is 1.86 bits per heavy atom. The van der Waals surface area contributed by atoms with Crippen molar-refractivity contribution < 1.29 is 14.3 Å². The van der Waals surface area contributed by atoms with Gasteiger partial charge in [0, 0.05) is 25.2 Å². The highest BCUT2D eigenvalue weighted by Gasteiger charge is 2.35. The molecule has 10 nitrogen and oxygen atoms in total. The summed E-state index contributed by atoms with van der Waals surface area (Å²) in [6.45, 7) is 3.43. The number of carbonyl (C=O) groups excluding carboxylic acids is 2. The molecule has 0 bridgehead atoms. The van der Waals surface area contributed by atoms with Crippen LogP contribution < -0.4 is 20.5 Å². The molecule has 4 aromatic rings. The lowest BCUT2D eigenvalue weighted by molar-refractivity contribution is -0.126. The highest BCUT2D eigenvalue weighted by molar-refractivity contribution is 6.00. The fourth-order valence-corrected chi connectivity index (χ4v) is 4.49. The molecule has 2 aromatic heterocycles. The Hall–Kier alpha value is -4.47. The van der Waals surface area contributed by atoms with E-state index in [2.05, 4.69) is 15.4 Å². The summed E-state index contributed by atoms with van der Waals surface area (Å²) in [5.41, 5.74) is 3.22. The first-order chi connectivity index (χ1) is 17.9. The molecule has 1 saturated heterocycles. The van der Waals surface area contributed by atoms with Crippen LogP contribution in [0.4, 0.5) is 5.69 Å². The number of carbonyl (C=O) groups is 2. The molecule has 1 aliphatic heterocycles. The number of hydrogen-bond acceptors (Lipinski definition) is 6. The van der Waals surface area contributed by atoms with Gasteiger partial charge < -0.3 is 15.0 Å². The van der Waals surface area contributed by atoms with Gasteiger partial charge in [-0.15, -0.1) is 0 Å². The number of methoxy groups -OCH3 is 1. The van der Waals surface area contributed by atoms with Gasteiger partial charge in [0.05, 0.1) is 32.3 Å². The highest BCUT2D eigenvalue weighted by Crippen LogP contribution is 2.26. The number of rotatable bonds is 8. The van der Waals surface area contributed by atoms with Crippen LogP contribution in [0.15, 0.2) is 65.8 Å². The number of nitrogens with one attached hydrogen (secondary N) is 1. The molecule has 0 spiro atoms. The molecule has 190 valence electrons. The minimum Gasteiger partial charge on any atom is -0.497 e. The largest absolute Gasteiger partial charge is 0.497 e. The summed E-state index contributed by atoms with van der Waals surface area (Å²) in [7, 11) is 1.58. The highest BCUT2D eigenvalue weighted by atomic mass is 16.5. The van der Waals surface area contributed by atoms with E-state index in [9.17, 15) is 14.4 Å². The fraction of sp³-hybridized carbons (Fsp3) is 0.296. The number of fused-ring (bicyclic) bond motifs is 1. The maximum absolute atomic E-state index is 12.9. The maximum atomic E-state index is 12.9. The molecule has 37 heavy (non-hydrogen) atoms. The number of ether oxygens (including phenoxy) is 1. The third kappa shape index (κ3) is 5.09. The summed E-state index contributed by atoms with van der Waals surface area (Å²) in [4.78, 5) is 44.3. The SMILES string of the molecule is COc1ccc(N2CC(C(=O)NCCn3ncc4c(=O)n(Cc5ccc(C)cc5)cnc43)CC2=O)cc1. The average Bonchev–Trinajstić information content (AvgIpc) is 3.51. The molecule has 10 heteroatoms. The molecular formula is C27H28N6O4. The normalized spacial score (nSPS) is 15.4. The first kappa shape index (κ1) is 24.2. The van der Waals surface area contributed by atoms with Crippen molar-refractivity contribution in [3.8, 4) is 5.75 Å². The zero-order valence-corrected chi connectivity index (χ0v) is 20.8. The van der Waals surface area contributed by atoms with Gasteiger partial charge in [0.2, 0.25) is 11.8 Å². The molecule has 0 saturated carbocycles. The van der Waals surface area contributed by atoms with Crippen LogP contribution in [0, 0.1) is 12.8 Å². The number of aryl methyl sites for hydroxylation is 1. The topological polar surface area (TPSA) is 111 Å². The summed E-state index contributed by atoms with van der Waals surface area (Å²) < 4.78 is 8.33. The predicted molar refractivity (Wildman–Crippen MR) is 139 cm³/mol. The van der Waals surface area contributed by atoms with Crippen LogP contribution in [0.25, 0.3) is 11.0 Å². The van der Waals surface area contributed by atoms with Crippen LogP contribution in [0.5, 0.6) is 5.75 Å². The molecule has 0 aliphatic carbocycles. The van der Waals surface area contributed by atoms with Gasteiger partial charge in [0.25, 0.3) is 5.56 Å². The summed E-state index contributed by atoms with van der Waals surface area (Å²) in [5, 5.41) is 7.63. The van der Waals surface area contributed by atoms with Gasteiger partial charge in [-0.1, -0.05) is 29.8 Å². The molecule has 1 fully saturated rings. The van der Waals surface area contributed by atoms with Gasteiger partial charge in [-0.05, 0) is 36.8 Å². The lowest BCUT2D eigenvalue weighted by Gasteiger charge is -2.17. The molecule has 1 unspecified atom stereocenters. The number of hydrogen-bond donors (Lipinski definition) is 1. The predicted octanol–water partition coefficient (Wildman–Crippen LogP) is 2.13. The molecule has 1 aliphatic rings. The van der Waals surface area contributed by atoms with E-state index in [0.717, 1.165) is 16.8 Å². The van der Waals surface area contributed by atoms with E-state index in [-0.39, 0.29) is 23.8 Å². The summed E-state index contributed by atoms with van der Waals surface area (Å²) >= 11 is 0. The van der Waals surface area contributed by atoms with Gasteiger partial charge in [0.15, 0.2) is 5.65 Å². The lowest BCUT2D eigenvalue weighted by Crippen LogP contribution is -2.35. The van der Waals surface area contributed by atoms with Gasteiger partial charge in [-0.3, -0.25) is 19.0 Å². The lowest BCUT2D eigenvalue weighted by atomic mass is 10.1. The van der Waals surface area contributed by atoms with Gasteiger partial charge in [-0.2, -0.15) is 5.10 Å². The van der Waals surface area contributed by atoms with Crippen molar-refractivity contribution in [2.75, 3.05) is 25.1 Å². The Bertz CT molecular complexity index is 1490. The Balaban J connectivity index is 1.19. The van der Waals surface area contributed by atoms with E-state index >= 15 is 0 Å². The molecule has 3 heterocycles. The Morgan fingerprint density at radius 3 is 2.59 bits per heavy atom. The van der Waals surface area contributed by atoms with Crippen LogP contribution in [-0.2, 0) is 22.7 Å². The van der Waals surface area contributed by atoms with Crippen molar-refractivity contribution >= 4 is 28.5 Å². The summed E-state index contributed by atoms with van der Waals surface area (Å²) in [5.74, 6) is -0.00434. The van der Waals surface area contributed by atoms with E-state index in [0.29, 0.717) is 43.0 Å². The summed E-state index contributed by atoms with van der Waals surface area (Å²) in [6.07, 6.45) is 3.20. The second-order valence-electron chi connectivity index (χ2n) is 9.16. The van der Waals surface area contributed by atoms with Crippen LogP contribution in [-0.4, -0.2) is 51.3 Å². The first-order valence-corrected chi connectivity index (χ1v) is 12.1. The van der Waals surface area contributed by atoms with E-state index in [1.54, 1.807) is 33.4 Å². The number of aromatic nitrogens is 4. The van der Waals surface area contributed by atoms with Crippen molar-refractivity contribution in [1.29, 1.82) is 0 Å². The maximum Gasteiger partial charge on any atom is 0.264 e. The minimum absolute atomic E-state index is 0.0884. The molecule has 0 radical (unpaired) electrons. The molecule has 5 rings (SSSR count). The third-order valence-corrected chi connectivity index (χ3v) is 6.60. The Labute approximate surface area is 213 Å². The van der Waals surface area contributed by atoms with Crippen LogP contribution in [0.1, 0.15) is 17.5 Å². The van der Waals surface area contributed by atoms with Gasteiger partial charge in [-0.25, -0.2) is 9.67 Å². The van der Waals surface area contributed by atoms with Crippen LogP contribution in [0.3, 0.4) is 0 Å². The van der Waals surface area contributed by atoms with E-state index in [4.69, 9.17) is 4.74 Å². The molecular weight excluding hydrogens is 472 g/mol. The van der Waals surface area contributed by atoms with Crippen molar-refractivity contribution in [2.45, 2.75) is 26.4 Å². The summed E-state index contributed by atoms with van der Waals surface area (Å²) in [6, 6.07) is 15.2. The Morgan fingerprint density at radius 1 is 1.11 bits per heavy atom. The average molecular weight is 501 g/mol. The van der Waals surface area contributed by atoms with Crippen LogP contribution in [0.2, 0.25) is 0 Å². The quantitative estimate of drug-likeness (QED) is 0.397. The second kappa shape index (κ2) is 10.3. The van der Waals surface area contributed by atoms with Crippen LogP contribution >= 0.6 is 0 Å². The van der Waals surface area contributed by atoms with E-state index in [1.807, 2.05) is 43.3 Å². The molecule has 1 atom stereocenters. The Kier molecular flexibility index (Phi) is 6.72. The monoisotopic (exact) mass is 500 g/mol. The number of nitrogens with zero attached hydrogens (tertiary/aromatic N) is 5. The zero-order valence-electron chi connectivity index (χ0n) is 20.8. The first-order valence-electron chi connectivity index (χ1n) is 12.1. The fourth-order valence-electron chi connectivity index (χ4n) is 4.49. The minimum atomic E-state index is -0.434. The van der Waals surface area contributed by atoms with Gasteiger partial charge in [0.1, 0.15) is 17.5 Å². The zero-order chi connectivity index (χ0) is 25.9. The van der Waals surface area contributed by atoms with Crippen molar-refractivity contribution in [1.82, 2.24) is 24.6 Å². The number of benzene rings is 2. The van der Waals surface area contributed by atoms with Crippen molar-refractivity contribution in [3.05, 3.63) is 82.5 Å². The number of amides is 2.